The first-order chi connectivity index (χ1) is 12.6. The van der Waals surface area contributed by atoms with Gasteiger partial charge in [0.2, 0.25) is 0 Å². The number of aromatic amines is 1. The highest BCUT2D eigenvalue weighted by Gasteiger charge is 2.44. The first kappa shape index (κ1) is 15.7. The number of nitrogens with zero attached hydrogens (tertiary/aromatic N) is 2. The molecule has 4 heteroatoms. The van der Waals surface area contributed by atoms with Gasteiger partial charge in [-0.15, -0.1) is 0 Å². The molecule has 0 unspecified atom stereocenters. The Bertz CT molecular complexity index is 1040. The van der Waals surface area contributed by atoms with Crippen molar-refractivity contribution in [2.45, 2.75) is 32.6 Å². The maximum Gasteiger partial charge on any atom is 0.274 e. The number of fused-ring (bicyclic) bond motifs is 1. The van der Waals surface area contributed by atoms with Crippen LogP contribution in [0.15, 0.2) is 41.5 Å². The Morgan fingerprint density at radius 2 is 1.81 bits per heavy atom. The normalized spacial score (nSPS) is 18.6. The first-order valence-corrected chi connectivity index (χ1v) is 9.59. The molecule has 1 saturated carbocycles. The number of anilines is 1. The van der Waals surface area contributed by atoms with Crippen LogP contribution in [0.25, 0.3) is 22.0 Å². The predicted octanol–water partition coefficient (Wildman–Crippen LogP) is 4.22. The first-order valence-electron chi connectivity index (χ1n) is 9.59. The standard InChI is InChI=1S/C22H25N3O/c1-15-3-4-19(25-11-8-22(6-7-22)9-12-25)17(13-15)18-14-24(2)21(26)20-16(18)5-10-23-20/h3-5,10,13-14,23H,6-9,11-12H2,1-2H3. The molecule has 5 rings (SSSR count). The van der Waals surface area contributed by atoms with Crippen LogP contribution in [0, 0.1) is 12.3 Å². The Morgan fingerprint density at radius 1 is 1.04 bits per heavy atom. The minimum atomic E-state index is 0.0246. The third-order valence-electron chi connectivity index (χ3n) is 6.46. The number of hydrogen-bond acceptors (Lipinski definition) is 2. The van der Waals surface area contributed by atoms with E-state index in [0.29, 0.717) is 10.9 Å². The highest BCUT2D eigenvalue weighted by Crippen LogP contribution is 2.54. The number of H-pyrrole nitrogens is 1. The van der Waals surface area contributed by atoms with Crippen LogP contribution < -0.4 is 10.5 Å². The van der Waals surface area contributed by atoms with Gasteiger partial charge >= 0.3 is 0 Å². The molecule has 3 aromatic rings. The maximum atomic E-state index is 12.4. The largest absolute Gasteiger partial charge is 0.371 e. The van der Waals surface area contributed by atoms with E-state index in [1.807, 2.05) is 25.5 Å². The Kier molecular flexibility index (Phi) is 3.33. The minimum absolute atomic E-state index is 0.0246. The van der Waals surface area contributed by atoms with Gasteiger partial charge in [0.05, 0.1) is 0 Å². The molecular weight excluding hydrogens is 322 g/mol. The Balaban J connectivity index is 1.65. The number of piperidine rings is 1. The zero-order valence-electron chi connectivity index (χ0n) is 15.5. The molecule has 3 heterocycles. The van der Waals surface area contributed by atoms with E-state index in [-0.39, 0.29) is 5.56 Å². The Morgan fingerprint density at radius 3 is 2.54 bits per heavy atom. The fraction of sp³-hybridized carbons (Fsp3) is 0.409. The predicted molar refractivity (Wildman–Crippen MR) is 107 cm³/mol. The Labute approximate surface area is 153 Å². The van der Waals surface area contributed by atoms with E-state index in [0.717, 1.165) is 24.0 Å². The van der Waals surface area contributed by atoms with Gasteiger partial charge in [0.15, 0.2) is 0 Å². The van der Waals surface area contributed by atoms with E-state index in [9.17, 15) is 4.79 Å². The number of hydrogen-bond donors (Lipinski definition) is 1. The molecule has 2 fully saturated rings. The number of aryl methyl sites for hydroxylation is 2. The average molecular weight is 347 g/mol. The SMILES string of the molecule is Cc1ccc(N2CCC3(CC2)CC3)c(-c2cn(C)c(=O)c3[nH]ccc23)c1. The zero-order chi connectivity index (χ0) is 17.9. The van der Waals surface area contributed by atoms with Crippen molar-refractivity contribution in [3.63, 3.8) is 0 Å². The molecule has 4 nitrogen and oxygen atoms in total. The van der Waals surface area contributed by atoms with Crippen LogP contribution in [0.1, 0.15) is 31.2 Å². The van der Waals surface area contributed by atoms with Gasteiger partial charge in [0, 0.05) is 54.7 Å². The lowest BCUT2D eigenvalue weighted by Crippen LogP contribution is -2.34. The molecule has 0 amide bonds. The minimum Gasteiger partial charge on any atom is -0.371 e. The molecule has 1 saturated heterocycles. The summed E-state index contributed by atoms with van der Waals surface area (Å²) in [6.07, 6.45) is 9.32. The van der Waals surface area contributed by atoms with Crippen molar-refractivity contribution in [2.75, 3.05) is 18.0 Å². The number of nitrogens with one attached hydrogen (secondary N) is 1. The third-order valence-corrected chi connectivity index (χ3v) is 6.46. The number of rotatable bonds is 2. The summed E-state index contributed by atoms with van der Waals surface area (Å²) in [4.78, 5) is 18.1. The number of aromatic nitrogens is 2. The van der Waals surface area contributed by atoms with Crippen molar-refractivity contribution in [1.29, 1.82) is 0 Å². The van der Waals surface area contributed by atoms with Gasteiger partial charge in [-0.3, -0.25) is 4.79 Å². The van der Waals surface area contributed by atoms with Crippen LogP contribution >= 0.6 is 0 Å². The molecule has 1 spiro atoms. The highest BCUT2D eigenvalue weighted by atomic mass is 16.1. The summed E-state index contributed by atoms with van der Waals surface area (Å²) < 4.78 is 1.69. The lowest BCUT2D eigenvalue weighted by molar-refractivity contribution is 0.384. The van der Waals surface area contributed by atoms with Gasteiger partial charge in [-0.05, 0) is 56.2 Å². The molecule has 0 radical (unpaired) electrons. The monoisotopic (exact) mass is 347 g/mol. The lowest BCUT2D eigenvalue weighted by atomic mass is 9.92. The second-order valence-electron chi connectivity index (χ2n) is 8.23. The van der Waals surface area contributed by atoms with Gasteiger partial charge in [-0.1, -0.05) is 11.6 Å². The molecular formula is C22H25N3O. The van der Waals surface area contributed by atoms with Crippen molar-refractivity contribution in [3.8, 4) is 11.1 Å². The topological polar surface area (TPSA) is 41.0 Å². The van der Waals surface area contributed by atoms with Crippen LogP contribution in [0.2, 0.25) is 0 Å². The molecule has 2 aliphatic rings. The summed E-state index contributed by atoms with van der Waals surface area (Å²) in [5.74, 6) is 0. The van der Waals surface area contributed by atoms with E-state index < -0.39 is 0 Å². The average Bonchev–Trinajstić information content (AvgIpc) is 3.20. The van der Waals surface area contributed by atoms with E-state index in [1.54, 1.807) is 4.57 Å². The molecule has 134 valence electrons. The summed E-state index contributed by atoms with van der Waals surface area (Å²) in [6, 6.07) is 8.76. The van der Waals surface area contributed by atoms with E-state index in [2.05, 4.69) is 35.0 Å². The fourth-order valence-corrected chi connectivity index (χ4v) is 4.52. The third kappa shape index (κ3) is 2.39. The van der Waals surface area contributed by atoms with Gasteiger partial charge < -0.3 is 14.5 Å². The molecule has 1 aromatic carbocycles. The molecule has 1 N–H and O–H groups in total. The van der Waals surface area contributed by atoms with E-state index in [1.165, 1.54) is 42.5 Å². The summed E-state index contributed by atoms with van der Waals surface area (Å²) >= 11 is 0. The fourth-order valence-electron chi connectivity index (χ4n) is 4.52. The van der Waals surface area contributed by atoms with Crippen molar-refractivity contribution >= 4 is 16.6 Å². The second kappa shape index (κ2) is 5.50. The molecule has 1 aliphatic heterocycles. The van der Waals surface area contributed by atoms with E-state index >= 15 is 0 Å². The van der Waals surface area contributed by atoms with Crippen molar-refractivity contribution in [3.05, 3.63) is 52.6 Å². The van der Waals surface area contributed by atoms with Crippen LogP contribution in [-0.4, -0.2) is 22.6 Å². The zero-order valence-corrected chi connectivity index (χ0v) is 15.5. The van der Waals surface area contributed by atoms with Crippen molar-refractivity contribution in [1.82, 2.24) is 9.55 Å². The highest BCUT2D eigenvalue weighted by molar-refractivity contribution is 5.97. The molecule has 0 bridgehead atoms. The van der Waals surface area contributed by atoms with Gasteiger partial charge in [-0.2, -0.15) is 0 Å². The van der Waals surface area contributed by atoms with Gasteiger partial charge in [0.1, 0.15) is 5.52 Å². The smallest absolute Gasteiger partial charge is 0.274 e. The lowest BCUT2D eigenvalue weighted by Gasteiger charge is -2.35. The van der Waals surface area contributed by atoms with E-state index in [4.69, 9.17) is 0 Å². The van der Waals surface area contributed by atoms with Crippen LogP contribution in [0.3, 0.4) is 0 Å². The van der Waals surface area contributed by atoms with Crippen LogP contribution in [-0.2, 0) is 7.05 Å². The number of pyridine rings is 1. The van der Waals surface area contributed by atoms with Crippen LogP contribution in [0.5, 0.6) is 0 Å². The molecule has 2 aromatic heterocycles. The summed E-state index contributed by atoms with van der Waals surface area (Å²) in [7, 11) is 1.83. The van der Waals surface area contributed by atoms with Crippen LogP contribution in [0.4, 0.5) is 5.69 Å². The Hall–Kier alpha value is -2.49. The summed E-state index contributed by atoms with van der Waals surface area (Å²) in [5, 5.41) is 1.01. The second-order valence-corrected chi connectivity index (χ2v) is 8.23. The maximum absolute atomic E-state index is 12.4. The molecule has 0 atom stereocenters. The summed E-state index contributed by atoms with van der Waals surface area (Å²) in [5.41, 5.74) is 6.30. The van der Waals surface area contributed by atoms with Crippen molar-refractivity contribution < 1.29 is 0 Å². The van der Waals surface area contributed by atoms with Gasteiger partial charge in [-0.25, -0.2) is 0 Å². The molecule has 26 heavy (non-hydrogen) atoms. The quantitative estimate of drug-likeness (QED) is 0.754. The number of benzene rings is 1. The van der Waals surface area contributed by atoms with Crippen molar-refractivity contribution in [2.24, 2.45) is 12.5 Å². The summed E-state index contributed by atoms with van der Waals surface area (Å²) in [6.45, 7) is 4.41. The molecule has 1 aliphatic carbocycles. The van der Waals surface area contributed by atoms with Gasteiger partial charge in [0.25, 0.3) is 5.56 Å².